The van der Waals surface area contributed by atoms with Gasteiger partial charge in [0.05, 0.1) is 19.0 Å². The standard InChI is InChI=1S/C20H17ClN2O3/c1-25-18-11-15(20(24)23-16-8-10-19(21)22-12-16)7-9-17(18)26-13-14-5-3-2-4-6-14/h2-12H,13H2,1H3,(H,23,24). The average Bonchev–Trinajstić information content (AvgIpc) is 2.68. The first kappa shape index (κ1) is 17.8. The Morgan fingerprint density at radius 3 is 2.58 bits per heavy atom. The molecule has 0 saturated carbocycles. The second-order valence-electron chi connectivity index (χ2n) is 5.46. The van der Waals surface area contributed by atoms with Gasteiger partial charge in [-0.25, -0.2) is 4.98 Å². The number of nitrogens with one attached hydrogen (secondary N) is 1. The van der Waals surface area contributed by atoms with Crippen molar-refractivity contribution in [2.24, 2.45) is 0 Å². The van der Waals surface area contributed by atoms with Gasteiger partial charge in [-0.3, -0.25) is 4.79 Å². The molecule has 0 unspecified atom stereocenters. The van der Waals surface area contributed by atoms with Gasteiger partial charge in [-0.05, 0) is 35.9 Å². The smallest absolute Gasteiger partial charge is 0.255 e. The van der Waals surface area contributed by atoms with Gasteiger partial charge >= 0.3 is 0 Å². The zero-order valence-corrected chi connectivity index (χ0v) is 14.9. The molecular weight excluding hydrogens is 352 g/mol. The maximum absolute atomic E-state index is 12.4. The van der Waals surface area contributed by atoms with Crippen LogP contribution in [0.15, 0.2) is 66.9 Å². The molecule has 1 N–H and O–H groups in total. The predicted molar refractivity (Wildman–Crippen MR) is 101 cm³/mol. The molecule has 0 bridgehead atoms. The van der Waals surface area contributed by atoms with E-state index in [0.29, 0.717) is 34.5 Å². The van der Waals surface area contributed by atoms with E-state index in [-0.39, 0.29) is 5.91 Å². The Hall–Kier alpha value is -3.05. The molecule has 0 aliphatic rings. The topological polar surface area (TPSA) is 60.5 Å². The van der Waals surface area contributed by atoms with Gasteiger partial charge in [0.1, 0.15) is 11.8 Å². The van der Waals surface area contributed by atoms with E-state index in [4.69, 9.17) is 21.1 Å². The maximum Gasteiger partial charge on any atom is 0.255 e. The summed E-state index contributed by atoms with van der Waals surface area (Å²) in [5, 5.41) is 3.12. The molecule has 2 aromatic carbocycles. The van der Waals surface area contributed by atoms with Crippen LogP contribution in [0.25, 0.3) is 0 Å². The van der Waals surface area contributed by atoms with Crippen LogP contribution in [-0.2, 0) is 6.61 Å². The van der Waals surface area contributed by atoms with Crippen LogP contribution in [0.4, 0.5) is 5.69 Å². The van der Waals surface area contributed by atoms with Gasteiger partial charge in [0.15, 0.2) is 11.5 Å². The number of pyridine rings is 1. The van der Waals surface area contributed by atoms with Crippen molar-refractivity contribution in [2.45, 2.75) is 6.61 Å². The second-order valence-corrected chi connectivity index (χ2v) is 5.85. The Bertz CT molecular complexity index is 883. The zero-order chi connectivity index (χ0) is 18.4. The van der Waals surface area contributed by atoms with Crippen molar-refractivity contribution in [3.63, 3.8) is 0 Å². The molecule has 0 fully saturated rings. The number of rotatable bonds is 6. The van der Waals surface area contributed by atoms with E-state index >= 15 is 0 Å². The number of methoxy groups -OCH3 is 1. The molecule has 3 aromatic rings. The van der Waals surface area contributed by atoms with Gasteiger partial charge in [0.2, 0.25) is 0 Å². The fourth-order valence-corrected chi connectivity index (χ4v) is 2.43. The summed E-state index contributed by atoms with van der Waals surface area (Å²) < 4.78 is 11.2. The lowest BCUT2D eigenvalue weighted by Crippen LogP contribution is -2.12. The Kier molecular flexibility index (Phi) is 5.71. The van der Waals surface area contributed by atoms with E-state index in [1.54, 1.807) is 30.3 Å². The summed E-state index contributed by atoms with van der Waals surface area (Å²) >= 11 is 5.74. The average molecular weight is 369 g/mol. The molecule has 0 aliphatic heterocycles. The van der Waals surface area contributed by atoms with E-state index in [1.807, 2.05) is 30.3 Å². The Morgan fingerprint density at radius 2 is 1.88 bits per heavy atom. The van der Waals surface area contributed by atoms with E-state index in [0.717, 1.165) is 5.56 Å². The Labute approximate surface area is 156 Å². The lowest BCUT2D eigenvalue weighted by molar-refractivity contribution is 0.102. The zero-order valence-electron chi connectivity index (χ0n) is 14.1. The van der Waals surface area contributed by atoms with Crippen LogP contribution < -0.4 is 14.8 Å². The van der Waals surface area contributed by atoms with Crippen LogP contribution in [0.3, 0.4) is 0 Å². The van der Waals surface area contributed by atoms with Crippen molar-refractivity contribution >= 4 is 23.2 Å². The Morgan fingerprint density at radius 1 is 1.08 bits per heavy atom. The van der Waals surface area contributed by atoms with Gasteiger partial charge in [-0.2, -0.15) is 0 Å². The highest BCUT2D eigenvalue weighted by Gasteiger charge is 2.12. The summed E-state index contributed by atoms with van der Waals surface area (Å²) in [5.41, 5.74) is 2.05. The van der Waals surface area contributed by atoms with Crippen LogP contribution in [0.1, 0.15) is 15.9 Å². The van der Waals surface area contributed by atoms with Crippen molar-refractivity contribution in [1.29, 1.82) is 0 Å². The first-order valence-corrected chi connectivity index (χ1v) is 8.31. The molecule has 3 rings (SSSR count). The van der Waals surface area contributed by atoms with Gasteiger partial charge in [-0.1, -0.05) is 41.9 Å². The minimum absolute atomic E-state index is 0.276. The molecule has 1 amide bonds. The number of hydrogen-bond donors (Lipinski definition) is 1. The Balaban J connectivity index is 1.71. The minimum Gasteiger partial charge on any atom is -0.493 e. The van der Waals surface area contributed by atoms with Crippen LogP contribution in [0.2, 0.25) is 5.15 Å². The van der Waals surface area contributed by atoms with E-state index in [2.05, 4.69) is 10.3 Å². The number of amides is 1. The molecule has 0 atom stereocenters. The fourth-order valence-electron chi connectivity index (χ4n) is 2.32. The molecule has 1 heterocycles. The summed E-state index contributed by atoms with van der Waals surface area (Å²) in [5.74, 6) is 0.783. The molecule has 6 heteroatoms. The third kappa shape index (κ3) is 4.52. The molecule has 5 nitrogen and oxygen atoms in total. The number of nitrogens with zero attached hydrogens (tertiary/aromatic N) is 1. The summed E-state index contributed by atoms with van der Waals surface area (Å²) in [7, 11) is 1.54. The van der Waals surface area contributed by atoms with Gasteiger partial charge in [0.25, 0.3) is 5.91 Å². The summed E-state index contributed by atoms with van der Waals surface area (Å²) in [6, 6.07) is 18.2. The van der Waals surface area contributed by atoms with E-state index < -0.39 is 0 Å². The first-order valence-electron chi connectivity index (χ1n) is 7.93. The summed E-state index contributed by atoms with van der Waals surface area (Å²) in [4.78, 5) is 16.3. The molecule has 0 spiro atoms. The van der Waals surface area contributed by atoms with E-state index in [9.17, 15) is 4.79 Å². The van der Waals surface area contributed by atoms with Crippen LogP contribution in [0.5, 0.6) is 11.5 Å². The number of carbonyl (C=O) groups excluding carboxylic acids is 1. The fraction of sp³-hybridized carbons (Fsp3) is 0.100. The molecule has 26 heavy (non-hydrogen) atoms. The van der Waals surface area contributed by atoms with Crippen molar-refractivity contribution < 1.29 is 14.3 Å². The van der Waals surface area contributed by atoms with Crippen molar-refractivity contribution in [3.8, 4) is 11.5 Å². The molecular formula is C20H17ClN2O3. The monoisotopic (exact) mass is 368 g/mol. The largest absolute Gasteiger partial charge is 0.493 e. The highest BCUT2D eigenvalue weighted by atomic mass is 35.5. The van der Waals surface area contributed by atoms with Crippen molar-refractivity contribution in [1.82, 2.24) is 4.98 Å². The predicted octanol–water partition coefficient (Wildman–Crippen LogP) is 4.57. The van der Waals surface area contributed by atoms with Crippen molar-refractivity contribution in [3.05, 3.63) is 83.1 Å². The lowest BCUT2D eigenvalue weighted by atomic mass is 10.2. The maximum atomic E-state index is 12.4. The lowest BCUT2D eigenvalue weighted by Gasteiger charge is -2.12. The van der Waals surface area contributed by atoms with Crippen LogP contribution >= 0.6 is 11.6 Å². The third-order valence-corrected chi connectivity index (χ3v) is 3.87. The van der Waals surface area contributed by atoms with E-state index in [1.165, 1.54) is 13.3 Å². The number of carbonyl (C=O) groups is 1. The molecule has 0 saturated heterocycles. The van der Waals surface area contributed by atoms with Gasteiger partial charge < -0.3 is 14.8 Å². The highest BCUT2D eigenvalue weighted by molar-refractivity contribution is 6.29. The first-order chi connectivity index (χ1) is 12.7. The second kappa shape index (κ2) is 8.36. The van der Waals surface area contributed by atoms with Gasteiger partial charge in [-0.15, -0.1) is 0 Å². The SMILES string of the molecule is COc1cc(C(=O)Nc2ccc(Cl)nc2)ccc1OCc1ccccc1. The number of halogens is 1. The normalized spacial score (nSPS) is 10.2. The summed E-state index contributed by atoms with van der Waals surface area (Å²) in [6.07, 6.45) is 1.49. The molecule has 0 radical (unpaired) electrons. The number of anilines is 1. The molecule has 1 aromatic heterocycles. The van der Waals surface area contributed by atoms with Gasteiger partial charge in [0, 0.05) is 5.56 Å². The molecule has 132 valence electrons. The van der Waals surface area contributed by atoms with Crippen LogP contribution in [0, 0.1) is 0 Å². The number of benzene rings is 2. The quantitative estimate of drug-likeness (QED) is 0.647. The number of ether oxygens (including phenoxy) is 2. The molecule has 0 aliphatic carbocycles. The highest BCUT2D eigenvalue weighted by Crippen LogP contribution is 2.29. The number of aromatic nitrogens is 1. The summed E-state index contributed by atoms with van der Waals surface area (Å²) in [6.45, 7) is 0.416. The van der Waals surface area contributed by atoms with Crippen molar-refractivity contribution in [2.75, 3.05) is 12.4 Å². The third-order valence-electron chi connectivity index (χ3n) is 3.65. The van der Waals surface area contributed by atoms with Crippen LogP contribution in [-0.4, -0.2) is 18.0 Å². The minimum atomic E-state index is -0.276. The number of hydrogen-bond acceptors (Lipinski definition) is 4.